The Morgan fingerprint density at radius 2 is 1.71 bits per heavy atom. The molecule has 0 radical (unpaired) electrons. The Balaban J connectivity index is 2.10. The van der Waals surface area contributed by atoms with Gasteiger partial charge in [-0.05, 0) is 77.3 Å². The average molecular weight is 527 g/mol. The van der Waals surface area contributed by atoms with Gasteiger partial charge in [-0.3, -0.25) is 9.88 Å². The van der Waals surface area contributed by atoms with Crippen molar-refractivity contribution >= 4 is 11.3 Å². The minimum atomic E-state index is -5.71. The standard InChI is InChI=1S/C24H29F7N2OS/c1-5-34-22(23(26,27)28,24(29,30)31)21(11-10-18-8-9-19(25)35-18)12-13-33(15-21)20(3,4)17-7-6-16(2)32-14-17/h6-9,14H,5,10-13,15H2,1-4H3/t21-/m1/s1. The number of aromatic nitrogens is 1. The quantitative estimate of drug-likeness (QED) is 0.345. The Morgan fingerprint density at radius 1 is 1.06 bits per heavy atom. The zero-order chi connectivity index (χ0) is 26.3. The summed E-state index contributed by atoms with van der Waals surface area (Å²) in [4.78, 5) is 6.27. The summed E-state index contributed by atoms with van der Waals surface area (Å²) < 4.78 is 106. The first-order valence-corrected chi connectivity index (χ1v) is 12.1. The average Bonchev–Trinajstić information content (AvgIpc) is 3.36. The first-order valence-electron chi connectivity index (χ1n) is 11.3. The van der Waals surface area contributed by atoms with Gasteiger partial charge in [0.25, 0.3) is 5.60 Å². The molecule has 0 amide bonds. The van der Waals surface area contributed by atoms with Crippen molar-refractivity contribution in [3.05, 3.63) is 51.7 Å². The maximum atomic E-state index is 14.5. The second kappa shape index (κ2) is 9.63. The van der Waals surface area contributed by atoms with Crippen molar-refractivity contribution in [3.63, 3.8) is 0 Å². The molecule has 1 fully saturated rings. The van der Waals surface area contributed by atoms with Crippen LogP contribution in [0.1, 0.15) is 49.7 Å². The molecule has 1 atom stereocenters. The highest BCUT2D eigenvalue weighted by Gasteiger charge is 2.81. The SMILES string of the molecule is CCOC(C(F)(F)F)(C(F)(F)F)[C@]1(CCc2ccc(F)s2)CCN(C(C)(C)c2ccc(C)nc2)C1. The monoisotopic (exact) mass is 526 g/mol. The Labute approximate surface area is 204 Å². The van der Waals surface area contributed by atoms with Crippen LogP contribution >= 0.6 is 11.3 Å². The van der Waals surface area contributed by atoms with Gasteiger partial charge in [-0.2, -0.15) is 30.7 Å². The molecule has 1 saturated heterocycles. The zero-order valence-corrected chi connectivity index (χ0v) is 20.8. The lowest BCUT2D eigenvalue weighted by atomic mass is 9.66. The lowest BCUT2D eigenvalue weighted by Gasteiger charge is -2.50. The Kier molecular flexibility index (Phi) is 7.66. The third-order valence-electron chi connectivity index (χ3n) is 7.15. The van der Waals surface area contributed by atoms with Crippen molar-refractivity contribution in [2.45, 2.75) is 70.4 Å². The molecule has 3 rings (SSSR count). The van der Waals surface area contributed by atoms with Gasteiger partial charge in [-0.15, -0.1) is 11.3 Å². The third-order valence-corrected chi connectivity index (χ3v) is 8.08. The number of likely N-dealkylation sites (tertiary alicyclic amines) is 1. The minimum absolute atomic E-state index is 0.000657. The van der Waals surface area contributed by atoms with Crippen molar-refractivity contribution in [2.24, 2.45) is 5.41 Å². The first kappa shape index (κ1) is 27.9. The third kappa shape index (κ3) is 4.96. The highest BCUT2D eigenvalue weighted by atomic mass is 32.1. The van der Waals surface area contributed by atoms with Crippen molar-refractivity contribution in [1.82, 2.24) is 9.88 Å². The maximum absolute atomic E-state index is 14.5. The Hall–Kier alpha value is -1.72. The molecule has 196 valence electrons. The maximum Gasteiger partial charge on any atom is 0.427 e. The smallest absolute Gasteiger partial charge is 0.358 e. The van der Waals surface area contributed by atoms with Crippen molar-refractivity contribution in [2.75, 3.05) is 19.7 Å². The van der Waals surface area contributed by atoms with Gasteiger partial charge in [0.05, 0.1) is 0 Å². The van der Waals surface area contributed by atoms with E-state index in [0.717, 1.165) is 30.0 Å². The molecule has 1 aliphatic heterocycles. The van der Waals surface area contributed by atoms with E-state index in [2.05, 4.69) is 4.98 Å². The summed E-state index contributed by atoms with van der Waals surface area (Å²) >= 11 is 0.721. The van der Waals surface area contributed by atoms with Gasteiger partial charge in [0.2, 0.25) is 0 Å². The number of thiophene rings is 1. The van der Waals surface area contributed by atoms with Crippen LogP contribution in [0.4, 0.5) is 30.7 Å². The Bertz CT molecular complexity index is 987. The topological polar surface area (TPSA) is 25.4 Å². The lowest BCUT2D eigenvalue weighted by molar-refractivity contribution is -0.415. The number of hydrogen-bond acceptors (Lipinski definition) is 4. The molecule has 0 spiro atoms. The molecule has 3 nitrogen and oxygen atoms in total. The number of ether oxygens (including phenoxy) is 1. The molecule has 0 aromatic carbocycles. The molecule has 11 heteroatoms. The van der Waals surface area contributed by atoms with Crippen LogP contribution in [-0.4, -0.2) is 47.5 Å². The summed E-state index contributed by atoms with van der Waals surface area (Å²) in [7, 11) is 0. The predicted molar refractivity (Wildman–Crippen MR) is 120 cm³/mol. The summed E-state index contributed by atoms with van der Waals surface area (Å²) in [6.45, 7) is 5.17. The first-order chi connectivity index (χ1) is 16.1. The molecular weight excluding hydrogens is 497 g/mol. The van der Waals surface area contributed by atoms with E-state index in [1.807, 2.05) is 0 Å². The molecule has 35 heavy (non-hydrogen) atoms. The molecule has 0 bridgehead atoms. The number of halogens is 7. The Morgan fingerprint density at radius 3 is 2.20 bits per heavy atom. The fraction of sp³-hybridized carbons (Fsp3) is 0.625. The van der Waals surface area contributed by atoms with E-state index in [0.29, 0.717) is 10.4 Å². The highest BCUT2D eigenvalue weighted by Crippen LogP contribution is 2.61. The van der Waals surface area contributed by atoms with Crippen LogP contribution < -0.4 is 0 Å². The summed E-state index contributed by atoms with van der Waals surface area (Å²) in [5, 5.41) is -0.544. The van der Waals surface area contributed by atoms with Gasteiger partial charge in [-0.25, -0.2) is 0 Å². The normalized spacial score (nSPS) is 20.5. The lowest BCUT2D eigenvalue weighted by Crippen LogP contribution is -2.69. The van der Waals surface area contributed by atoms with E-state index < -0.39 is 53.6 Å². The highest BCUT2D eigenvalue weighted by molar-refractivity contribution is 7.10. The molecule has 0 saturated carbocycles. The van der Waals surface area contributed by atoms with Crippen LogP contribution in [0, 0.1) is 17.5 Å². The summed E-state index contributed by atoms with van der Waals surface area (Å²) in [5.74, 6) is 0. The molecule has 3 heterocycles. The molecule has 1 aliphatic rings. The van der Waals surface area contributed by atoms with Gasteiger partial charge in [-0.1, -0.05) is 6.07 Å². The van der Waals surface area contributed by atoms with Gasteiger partial charge >= 0.3 is 12.4 Å². The van der Waals surface area contributed by atoms with Gasteiger partial charge in [0, 0.05) is 40.9 Å². The van der Waals surface area contributed by atoms with E-state index >= 15 is 0 Å². The summed E-state index contributed by atoms with van der Waals surface area (Å²) in [6, 6.07) is 6.08. The molecule has 2 aromatic rings. The van der Waals surface area contributed by atoms with Crippen LogP contribution in [0.15, 0.2) is 30.5 Å². The van der Waals surface area contributed by atoms with E-state index in [1.165, 1.54) is 6.07 Å². The fourth-order valence-electron chi connectivity index (χ4n) is 5.17. The van der Waals surface area contributed by atoms with Crippen LogP contribution in [0.5, 0.6) is 0 Å². The molecular formula is C24H29F7N2OS. The zero-order valence-electron chi connectivity index (χ0n) is 20.0. The van der Waals surface area contributed by atoms with Crippen LogP contribution in [0.25, 0.3) is 0 Å². The number of alkyl halides is 6. The number of nitrogens with zero attached hydrogens (tertiary/aromatic N) is 2. The van der Waals surface area contributed by atoms with E-state index in [4.69, 9.17) is 4.74 Å². The number of aryl methyl sites for hydroxylation is 2. The minimum Gasteiger partial charge on any atom is -0.358 e. The second-order valence-corrected chi connectivity index (χ2v) is 10.6. The van der Waals surface area contributed by atoms with E-state index in [9.17, 15) is 30.7 Å². The van der Waals surface area contributed by atoms with Gasteiger partial charge < -0.3 is 4.74 Å². The molecule has 0 unspecified atom stereocenters. The van der Waals surface area contributed by atoms with Crippen molar-refractivity contribution in [1.29, 1.82) is 0 Å². The predicted octanol–water partition coefficient (Wildman–Crippen LogP) is 7.05. The van der Waals surface area contributed by atoms with Gasteiger partial charge in [0.15, 0.2) is 5.13 Å². The largest absolute Gasteiger partial charge is 0.427 e. The van der Waals surface area contributed by atoms with E-state index in [-0.39, 0.29) is 19.4 Å². The molecule has 0 N–H and O–H groups in total. The summed E-state index contributed by atoms with van der Waals surface area (Å²) in [5.41, 5.74) is -6.16. The van der Waals surface area contributed by atoms with Crippen LogP contribution in [0.3, 0.4) is 0 Å². The number of rotatable bonds is 8. The van der Waals surface area contributed by atoms with Crippen LogP contribution in [-0.2, 0) is 16.7 Å². The number of pyridine rings is 1. The van der Waals surface area contributed by atoms with Crippen molar-refractivity contribution in [3.8, 4) is 0 Å². The number of hydrogen-bond donors (Lipinski definition) is 0. The second-order valence-electron chi connectivity index (χ2n) is 9.51. The molecule has 0 aliphatic carbocycles. The van der Waals surface area contributed by atoms with Crippen LogP contribution in [0.2, 0.25) is 0 Å². The summed E-state index contributed by atoms with van der Waals surface area (Å²) in [6.07, 6.45) is -10.8. The van der Waals surface area contributed by atoms with E-state index in [1.54, 1.807) is 44.0 Å². The molecule has 2 aromatic heterocycles. The van der Waals surface area contributed by atoms with Gasteiger partial charge in [0.1, 0.15) is 0 Å². The fourth-order valence-corrected chi connectivity index (χ4v) is 5.90. The van der Waals surface area contributed by atoms with Crippen molar-refractivity contribution < 1.29 is 35.5 Å².